The van der Waals surface area contributed by atoms with Gasteiger partial charge in [-0.3, -0.25) is 4.79 Å². The van der Waals surface area contributed by atoms with Gasteiger partial charge in [-0.05, 0) is 13.0 Å². The molecule has 0 aromatic heterocycles. The molecule has 0 saturated carbocycles. The second-order valence-corrected chi connectivity index (χ2v) is 3.34. The number of benzene rings is 1. The van der Waals surface area contributed by atoms with Gasteiger partial charge in [-0.2, -0.15) is 8.78 Å². The summed E-state index contributed by atoms with van der Waals surface area (Å²) in [6, 6.07) is 7.00. The molecule has 0 fully saturated rings. The number of carbonyl (C=O) groups is 1. The molecule has 3 nitrogen and oxygen atoms in total. The van der Waals surface area contributed by atoms with Crippen LogP contribution in [0.3, 0.4) is 0 Å². The van der Waals surface area contributed by atoms with E-state index in [1.807, 2.05) is 0 Å². The Morgan fingerprint density at radius 1 is 1.29 bits per heavy atom. The summed E-state index contributed by atoms with van der Waals surface area (Å²) in [6.45, 7) is 0.523. The van der Waals surface area contributed by atoms with Gasteiger partial charge in [0.25, 0.3) is 5.91 Å². The van der Waals surface area contributed by atoms with E-state index in [1.54, 1.807) is 6.07 Å². The summed E-state index contributed by atoms with van der Waals surface area (Å²) in [7, 11) is 0. The van der Waals surface area contributed by atoms with Gasteiger partial charge < -0.3 is 11.1 Å². The number of carbonyl (C=O) groups excluding carboxylic acids is 1. The highest BCUT2D eigenvalue weighted by molar-refractivity contribution is 5.85. The Bertz CT molecular complexity index is 347. The molecule has 0 aliphatic rings. The van der Waals surface area contributed by atoms with Gasteiger partial charge >= 0.3 is 5.92 Å². The minimum atomic E-state index is -3.49. The second-order valence-electron chi connectivity index (χ2n) is 3.34. The average Bonchev–Trinajstić information content (AvgIpc) is 2.30. The lowest BCUT2D eigenvalue weighted by molar-refractivity contribution is -0.146. The fraction of sp³-hybridized carbons (Fsp3) is 0.364. The predicted octanol–water partition coefficient (Wildman–Crippen LogP) is 1.67. The van der Waals surface area contributed by atoms with Crippen LogP contribution in [-0.2, 0) is 10.7 Å². The van der Waals surface area contributed by atoms with Gasteiger partial charge in [0.1, 0.15) is 0 Å². The fourth-order valence-electron chi connectivity index (χ4n) is 1.19. The van der Waals surface area contributed by atoms with Crippen molar-refractivity contribution in [2.75, 3.05) is 13.1 Å². The number of alkyl halides is 2. The van der Waals surface area contributed by atoms with Crippen molar-refractivity contribution in [3.8, 4) is 0 Å². The first-order valence-corrected chi connectivity index (χ1v) is 5.00. The van der Waals surface area contributed by atoms with Gasteiger partial charge in [-0.1, -0.05) is 30.3 Å². The van der Waals surface area contributed by atoms with Crippen LogP contribution in [0.1, 0.15) is 12.0 Å². The number of rotatable bonds is 5. The monoisotopic (exact) mass is 264 g/mol. The highest BCUT2D eigenvalue weighted by Gasteiger charge is 2.40. The van der Waals surface area contributed by atoms with Gasteiger partial charge in [-0.15, -0.1) is 12.4 Å². The maximum atomic E-state index is 13.5. The van der Waals surface area contributed by atoms with E-state index in [4.69, 9.17) is 5.73 Å². The zero-order valence-corrected chi connectivity index (χ0v) is 9.97. The van der Waals surface area contributed by atoms with Crippen LogP contribution in [0.5, 0.6) is 0 Å². The Labute approximate surface area is 105 Å². The zero-order valence-electron chi connectivity index (χ0n) is 9.16. The largest absolute Gasteiger partial charge is 0.351 e. The molecule has 96 valence electrons. The summed E-state index contributed by atoms with van der Waals surface area (Å²) in [4.78, 5) is 11.2. The maximum absolute atomic E-state index is 13.5. The number of halogens is 3. The molecule has 0 aliphatic heterocycles. The standard InChI is InChI=1S/C11H14F2N2O.ClH/c12-11(13,9-5-2-1-3-6-9)10(16)15-8-4-7-14;/h1-3,5-6H,4,7-8,14H2,(H,15,16);1H. The molecule has 0 aliphatic carbocycles. The van der Waals surface area contributed by atoms with Crippen molar-refractivity contribution in [3.63, 3.8) is 0 Å². The van der Waals surface area contributed by atoms with E-state index in [2.05, 4.69) is 5.32 Å². The molecule has 1 aromatic carbocycles. The molecule has 1 aromatic rings. The lowest BCUT2D eigenvalue weighted by atomic mass is 10.1. The second kappa shape index (κ2) is 7.19. The first-order chi connectivity index (χ1) is 7.59. The van der Waals surface area contributed by atoms with Crippen LogP contribution in [0.25, 0.3) is 0 Å². The number of nitrogens with one attached hydrogen (secondary N) is 1. The molecule has 17 heavy (non-hydrogen) atoms. The molecule has 0 saturated heterocycles. The van der Waals surface area contributed by atoms with Crippen molar-refractivity contribution in [3.05, 3.63) is 35.9 Å². The molecule has 0 bridgehead atoms. The van der Waals surface area contributed by atoms with Crippen LogP contribution >= 0.6 is 12.4 Å². The minimum Gasteiger partial charge on any atom is -0.351 e. The summed E-state index contributed by atoms with van der Waals surface area (Å²) in [5, 5.41) is 2.15. The molecule has 0 unspecified atom stereocenters. The van der Waals surface area contributed by atoms with Crippen molar-refractivity contribution in [2.24, 2.45) is 5.73 Å². The van der Waals surface area contributed by atoms with Gasteiger partial charge in [0.2, 0.25) is 0 Å². The third-order valence-corrected chi connectivity index (χ3v) is 2.09. The summed E-state index contributed by atoms with van der Waals surface area (Å²) >= 11 is 0. The first kappa shape index (κ1) is 15.8. The molecule has 0 atom stereocenters. The maximum Gasteiger partial charge on any atom is 0.349 e. The molecule has 0 heterocycles. The number of hydrogen-bond donors (Lipinski definition) is 2. The normalized spacial score (nSPS) is 10.5. The van der Waals surface area contributed by atoms with E-state index in [0.717, 1.165) is 0 Å². The molecular formula is C11H15ClF2N2O. The molecule has 0 radical (unpaired) electrons. The van der Waals surface area contributed by atoms with Crippen molar-refractivity contribution >= 4 is 18.3 Å². The third kappa shape index (κ3) is 4.28. The summed E-state index contributed by atoms with van der Waals surface area (Å²) < 4.78 is 27.1. The summed E-state index contributed by atoms with van der Waals surface area (Å²) in [5.41, 5.74) is 4.89. The van der Waals surface area contributed by atoms with E-state index in [9.17, 15) is 13.6 Å². The van der Waals surface area contributed by atoms with Crippen molar-refractivity contribution in [1.29, 1.82) is 0 Å². The van der Waals surface area contributed by atoms with E-state index >= 15 is 0 Å². The van der Waals surface area contributed by atoms with Crippen LogP contribution in [0.2, 0.25) is 0 Å². The Balaban J connectivity index is 0.00000256. The smallest absolute Gasteiger partial charge is 0.349 e. The van der Waals surface area contributed by atoms with Crippen LogP contribution in [0.15, 0.2) is 30.3 Å². The van der Waals surface area contributed by atoms with Gasteiger partial charge in [0.05, 0.1) is 0 Å². The molecule has 6 heteroatoms. The van der Waals surface area contributed by atoms with Crippen molar-refractivity contribution in [1.82, 2.24) is 5.32 Å². The van der Waals surface area contributed by atoms with E-state index in [1.165, 1.54) is 24.3 Å². The van der Waals surface area contributed by atoms with Crippen molar-refractivity contribution in [2.45, 2.75) is 12.3 Å². The van der Waals surface area contributed by atoms with Gasteiger partial charge in [0.15, 0.2) is 0 Å². The van der Waals surface area contributed by atoms with Crippen LogP contribution in [0.4, 0.5) is 8.78 Å². The highest BCUT2D eigenvalue weighted by Crippen LogP contribution is 2.27. The number of hydrogen-bond acceptors (Lipinski definition) is 2. The Morgan fingerprint density at radius 2 is 1.88 bits per heavy atom. The lowest BCUT2D eigenvalue weighted by Crippen LogP contribution is -2.39. The van der Waals surface area contributed by atoms with Gasteiger partial charge in [-0.25, -0.2) is 0 Å². The van der Waals surface area contributed by atoms with E-state index in [-0.39, 0.29) is 24.5 Å². The van der Waals surface area contributed by atoms with Crippen LogP contribution in [-0.4, -0.2) is 19.0 Å². The fourth-order valence-corrected chi connectivity index (χ4v) is 1.19. The van der Waals surface area contributed by atoms with Gasteiger partial charge in [0, 0.05) is 12.1 Å². The minimum absolute atomic E-state index is 0. The topological polar surface area (TPSA) is 55.1 Å². The lowest BCUT2D eigenvalue weighted by Gasteiger charge is -2.15. The van der Waals surface area contributed by atoms with E-state index in [0.29, 0.717) is 13.0 Å². The number of amides is 1. The molecular weight excluding hydrogens is 250 g/mol. The Hall–Kier alpha value is -1.20. The SMILES string of the molecule is Cl.NCCCNC(=O)C(F)(F)c1ccccc1. The zero-order chi connectivity index (χ0) is 12.0. The Kier molecular flexibility index (Phi) is 6.68. The Morgan fingerprint density at radius 3 is 2.41 bits per heavy atom. The predicted molar refractivity (Wildman–Crippen MR) is 64.3 cm³/mol. The third-order valence-electron chi connectivity index (χ3n) is 2.09. The van der Waals surface area contributed by atoms with Crippen LogP contribution in [0, 0.1) is 0 Å². The summed E-state index contributed by atoms with van der Waals surface area (Å²) in [5.74, 6) is -4.78. The first-order valence-electron chi connectivity index (χ1n) is 5.00. The number of nitrogens with two attached hydrogens (primary N) is 1. The quantitative estimate of drug-likeness (QED) is 0.795. The molecule has 3 N–H and O–H groups in total. The molecule has 0 spiro atoms. The highest BCUT2D eigenvalue weighted by atomic mass is 35.5. The molecule has 1 amide bonds. The average molecular weight is 265 g/mol. The van der Waals surface area contributed by atoms with Crippen LogP contribution < -0.4 is 11.1 Å². The molecule has 1 rings (SSSR count). The van der Waals surface area contributed by atoms with Crippen molar-refractivity contribution < 1.29 is 13.6 Å². The summed E-state index contributed by atoms with van der Waals surface area (Å²) in [6.07, 6.45) is 0.483. The van der Waals surface area contributed by atoms with E-state index < -0.39 is 11.8 Å².